The summed E-state index contributed by atoms with van der Waals surface area (Å²) in [5.41, 5.74) is 2.16. The van der Waals surface area contributed by atoms with E-state index in [9.17, 15) is 8.42 Å². The second-order valence-electron chi connectivity index (χ2n) is 5.60. The third-order valence-corrected chi connectivity index (χ3v) is 4.89. The van der Waals surface area contributed by atoms with Crippen LogP contribution in [-0.4, -0.2) is 21.8 Å². The molecule has 0 aliphatic heterocycles. The molecule has 0 saturated carbocycles. The molecule has 0 unspecified atom stereocenters. The molecule has 0 heterocycles. The summed E-state index contributed by atoms with van der Waals surface area (Å²) in [6, 6.07) is 21.9. The number of rotatable bonds is 5. The van der Waals surface area contributed by atoms with Gasteiger partial charge in [-0.2, -0.15) is 0 Å². The van der Waals surface area contributed by atoms with Crippen molar-refractivity contribution in [2.75, 3.05) is 13.4 Å². The van der Waals surface area contributed by atoms with Crippen LogP contribution >= 0.6 is 0 Å². The molecule has 0 bridgehead atoms. The van der Waals surface area contributed by atoms with E-state index in [1.54, 1.807) is 19.2 Å². The maximum atomic E-state index is 11.5. The molecule has 128 valence electrons. The number of benzene rings is 3. The van der Waals surface area contributed by atoms with Gasteiger partial charge >= 0.3 is 0 Å². The third-order valence-electron chi connectivity index (χ3n) is 3.77. The smallest absolute Gasteiger partial charge is 0.175 e. The molecular weight excluding hydrogens is 336 g/mol. The van der Waals surface area contributed by atoms with Crippen molar-refractivity contribution in [3.63, 3.8) is 0 Å². The monoisotopic (exact) mass is 354 g/mol. The lowest BCUT2D eigenvalue weighted by atomic mass is 10.1. The molecule has 0 saturated heterocycles. The summed E-state index contributed by atoms with van der Waals surface area (Å²) in [5, 5.41) is 0. The quantitative estimate of drug-likeness (QED) is 0.674. The van der Waals surface area contributed by atoms with Crippen LogP contribution in [0.2, 0.25) is 0 Å². The number of hydrogen-bond donors (Lipinski definition) is 0. The summed E-state index contributed by atoms with van der Waals surface area (Å²) < 4.78 is 33.9. The van der Waals surface area contributed by atoms with Gasteiger partial charge in [0.2, 0.25) is 0 Å². The molecule has 3 rings (SSSR count). The first-order valence-corrected chi connectivity index (χ1v) is 9.57. The van der Waals surface area contributed by atoms with Crippen molar-refractivity contribution in [1.82, 2.24) is 0 Å². The second kappa shape index (κ2) is 6.99. The minimum absolute atomic E-state index is 0.273. The van der Waals surface area contributed by atoms with Gasteiger partial charge in [-0.25, -0.2) is 8.42 Å². The van der Waals surface area contributed by atoms with Crippen LogP contribution in [0.25, 0.3) is 11.1 Å². The van der Waals surface area contributed by atoms with Gasteiger partial charge in [-0.15, -0.1) is 0 Å². The number of methoxy groups -OCH3 is 1. The van der Waals surface area contributed by atoms with Crippen molar-refractivity contribution in [2.45, 2.75) is 4.90 Å². The molecule has 5 heteroatoms. The average Bonchev–Trinajstić information content (AvgIpc) is 2.62. The molecule has 0 aliphatic rings. The molecule has 3 aromatic rings. The zero-order chi connectivity index (χ0) is 17.9. The first kappa shape index (κ1) is 17.0. The van der Waals surface area contributed by atoms with Crippen molar-refractivity contribution < 1.29 is 17.9 Å². The Balaban J connectivity index is 1.74. The van der Waals surface area contributed by atoms with Crippen molar-refractivity contribution in [1.29, 1.82) is 0 Å². The van der Waals surface area contributed by atoms with Gasteiger partial charge in [0.1, 0.15) is 17.2 Å². The molecule has 0 radical (unpaired) electrons. The molecule has 0 aromatic heterocycles. The van der Waals surface area contributed by atoms with Crippen LogP contribution in [0.1, 0.15) is 0 Å². The van der Waals surface area contributed by atoms with Gasteiger partial charge in [-0.1, -0.05) is 24.3 Å². The lowest BCUT2D eigenvalue weighted by Crippen LogP contribution is -1.96. The Bertz CT molecular complexity index is 942. The zero-order valence-corrected chi connectivity index (χ0v) is 14.8. The van der Waals surface area contributed by atoms with Crippen molar-refractivity contribution in [3.8, 4) is 28.4 Å². The largest absolute Gasteiger partial charge is 0.497 e. The Morgan fingerprint density at radius 3 is 1.44 bits per heavy atom. The third kappa shape index (κ3) is 4.19. The van der Waals surface area contributed by atoms with E-state index in [4.69, 9.17) is 9.47 Å². The first-order chi connectivity index (χ1) is 12.0. The van der Waals surface area contributed by atoms with Gasteiger partial charge in [0.15, 0.2) is 9.84 Å². The Kier molecular flexibility index (Phi) is 4.76. The summed E-state index contributed by atoms with van der Waals surface area (Å²) in [4.78, 5) is 0.273. The molecule has 0 aliphatic carbocycles. The topological polar surface area (TPSA) is 52.6 Å². The Labute approximate surface area is 147 Å². The van der Waals surface area contributed by atoms with Crippen LogP contribution in [0, 0.1) is 0 Å². The van der Waals surface area contributed by atoms with Crippen molar-refractivity contribution in [3.05, 3.63) is 72.8 Å². The lowest BCUT2D eigenvalue weighted by molar-refractivity contribution is 0.415. The average molecular weight is 354 g/mol. The summed E-state index contributed by atoms with van der Waals surface area (Å²) in [5.74, 6) is 2.09. The van der Waals surface area contributed by atoms with E-state index in [1.807, 2.05) is 48.5 Å². The second-order valence-corrected chi connectivity index (χ2v) is 7.61. The summed E-state index contributed by atoms with van der Waals surface area (Å²) in [7, 11) is -1.56. The Hall–Kier alpha value is -2.79. The minimum atomic E-state index is -3.20. The van der Waals surface area contributed by atoms with Crippen LogP contribution in [0.4, 0.5) is 0 Å². The Morgan fingerprint density at radius 1 is 0.640 bits per heavy atom. The molecule has 0 atom stereocenters. The van der Waals surface area contributed by atoms with Gasteiger partial charge in [-0.3, -0.25) is 0 Å². The van der Waals surface area contributed by atoms with E-state index in [0.29, 0.717) is 11.5 Å². The van der Waals surface area contributed by atoms with E-state index >= 15 is 0 Å². The molecule has 4 nitrogen and oxygen atoms in total. The van der Waals surface area contributed by atoms with Crippen LogP contribution in [0.3, 0.4) is 0 Å². The van der Waals surface area contributed by atoms with Gasteiger partial charge in [0.25, 0.3) is 0 Å². The van der Waals surface area contributed by atoms with Crippen LogP contribution in [0.5, 0.6) is 17.2 Å². The highest BCUT2D eigenvalue weighted by Gasteiger charge is 2.07. The number of hydrogen-bond acceptors (Lipinski definition) is 4. The van der Waals surface area contributed by atoms with E-state index in [1.165, 1.54) is 18.4 Å². The van der Waals surface area contributed by atoms with Crippen LogP contribution < -0.4 is 9.47 Å². The molecule has 0 spiro atoms. The molecule has 0 amide bonds. The fourth-order valence-corrected chi connectivity index (χ4v) is 3.02. The van der Waals surface area contributed by atoms with E-state index in [0.717, 1.165) is 16.9 Å². The fraction of sp³-hybridized carbons (Fsp3) is 0.100. The highest BCUT2D eigenvalue weighted by atomic mass is 32.2. The summed E-state index contributed by atoms with van der Waals surface area (Å²) in [6.45, 7) is 0. The predicted octanol–water partition coefficient (Wildman–Crippen LogP) is 4.56. The SMILES string of the molecule is COc1ccc(-c2ccc(Oc3ccc(S(C)(=O)=O)cc3)cc2)cc1. The summed E-state index contributed by atoms with van der Waals surface area (Å²) >= 11 is 0. The van der Waals surface area contributed by atoms with Gasteiger partial charge in [-0.05, 0) is 59.7 Å². The molecule has 0 N–H and O–H groups in total. The van der Waals surface area contributed by atoms with E-state index in [-0.39, 0.29) is 4.90 Å². The highest BCUT2D eigenvalue weighted by Crippen LogP contribution is 2.27. The first-order valence-electron chi connectivity index (χ1n) is 7.68. The van der Waals surface area contributed by atoms with Gasteiger partial charge < -0.3 is 9.47 Å². The van der Waals surface area contributed by atoms with Gasteiger partial charge in [0.05, 0.1) is 12.0 Å². The highest BCUT2D eigenvalue weighted by molar-refractivity contribution is 7.90. The predicted molar refractivity (Wildman–Crippen MR) is 98.1 cm³/mol. The van der Waals surface area contributed by atoms with Crippen LogP contribution in [0.15, 0.2) is 77.7 Å². The molecule has 3 aromatic carbocycles. The molecule has 25 heavy (non-hydrogen) atoms. The Morgan fingerprint density at radius 2 is 1.04 bits per heavy atom. The van der Waals surface area contributed by atoms with E-state index < -0.39 is 9.84 Å². The standard InChI is InChI=1S/C20H18O4S/c1-23-17-7-3-15(4-8-17)16-5-9-18(10-6-16)24-19-11-13-20(14-12-19)25(2,21)22/h3-14H,1-2H3. The lowest BCUT2D eigenvalue weighted by Gasteiger charge is -2.08. The zero-order valence-electron chi connectivity index (χ0n) is 14.0. The number of ether oxygens (including phenoxy) is 2. The molecule has 0 fully saturated rings. The number of sulfone groups is 1. The van der Waals surface area contributed by atoms with Crippen molar-refractivity contribution in [2.24, 2.45) is 0 Å². The normalized spacial score (nSPS) is 11.1. The maximum Gasteiger partial charge on any atom is 0.175 e. The maximum absolute atomic E-state index is 11.5. The fourth-order valence-electron chi connectivity index (χ4n) is 2.39. The van der Waals surface area contributed by atoms with E-state index in [2.05, 4.69) is 0 Å². The molecular formula is C20H18O4S. The minimum Gasteiger partial charge on any atom is -0.497 e. The van der Waals surface area contributed by atoms with Crippen LogP contribution in [-0.2, 0) is 9.84 Å². The summed E-state index contributed by atoms with van der Waals surface area (Å²) in [6.07, 6.45) is 1.18. The van der Waals surface area contributed by atoms with Gasteiger partial charge in [0, 0.05) is 6.26 Å². The van der Waals surface area contributed by atoms with Crippen molar-refractivity contribution >= 4 is 9.84 Å².